The number of rotatable bonds is 6. The standard InChI is InChI=1S/C24H24F3N3O3/c1-16-4-3-13-30(14-16)21-12-7-17-5-2-6-20(23(17)29-21)32-15-22(31)28-18-8-10-19(11-9-18)33-24(25,26)27/h2,5-12,16H,3-4,13-15H2,1H3,(H,28,31)/t16-/m1/s1. The molecule has 0 aliphatic carbocycles. The van der Waals surface area contributed by atoms with Gasteiger partial charge in [0.2, 0.25) is 0 Å². The summed E-state index contributed by atoms with van der Waals surface area (Å²) in [4.78, 5) is 19.4. The fourth-order valence-electron chi connectivity index (χ4n) is 3.88. The summed E-state index contributed by atoms with van der Waals surface area (Å²) in [5.41, 5.74) is 1.00. The number of piperidine rings is 1. The number of carbonyl (C=O) groups excluding carboxylic acids is 1. The maximum Gasteiger partial charge on any atom is 0.573 e. The summed E-state index contributed by atoms with van der Waals surface area (Å²) < 4.78 is 46.3. The fraction of sp³-hybridized carbons (Fsp3) is 0.333. The number of anilines is 2. The fourth-order valence-corrected chi connectivity index (χ4v) is 3.88. The predicted octanol–water partition coefficient (Wildman–Crippen LogP) is 5.39. The van der Waals surface area contributed by atoms with Crippen LogP contribution in [0.5, 0.6) is 11.5 Å². The van der Waals surface area contributed by atoms with E-state index < -0.39 is 12.3 Å². The van der Waals surface area contributed by atoms with E-state index in [1.165, 1.54) is 18.6 Å². The van der Waals surface area contributed by atoms with E-state index in [0.29, 0.717) is 22.9 Å². The maximum absolute atomic E-state index is 12.3. The Morgan fingerprint density at radius 2 is 1.94 bits per heavy atom. The largest absolute Gasteiger partial charge is 0.573 e. The first-order chi connectivity index (χ1) is 15.8. The lowest BCUT2D eigenvalue weighted by Crippen LogP contribution is -2.34. The summed E-state index contributed by atoms with van der Waals surface area (Å²) in [5.74, 6) is 1.18. The SMILES string of the molecule is C[C@@H]1CCCN(c2ccc3cccc(OCC(=O)Nc4ccc(OC(F)(F)F)cc4)c3n2)C1. The first-order valence-electron chi connectivity index (χ1n) is 10.7. The molecule has 1 atom stereocenters. The Labute approximate surface area is 189 Å². The number of ether oxygens (including phenoxy) is 2. The second kappa shape index (κ2) is 9.56. The van der Waals surface area contributed by atoms with E-state index >= 15 is 0 Å². The van der Waals surface area contributed by atoms with Crippen molar-refractivity contribution < 1.29 is 27.4 Å². The van der Waals surface area contributed by atoms with Gasteiger partial charge >= 0.3 is 6.36 Å². The summed E-state index contributed by atoms with van der Waals surface area (Å²) in [6.45, 7) is 3.88. The monoisotopic (exact) mass is 459 g/mol. The van der Waals surface area contributed by atoms with E-state index in [1.807, 2.05) is 24.3 Å². The lowest BCUT2D eigenvalue weighted by molar-refractivity contribution is -0.274. The van der Waals surface area contributed by atoms with Crippen LogP contribution in [0.15, 0.2) is 54.6 Å². The van der Waals surface area contributed by atoms with Gasteiger partial charge in [0.05, 0.1) is 0 Å². The third kappa shape index (κ3) is 6.06. The van der Waals surface area contributed by atoms with Gasteiger partial charge in [0, 0.05) is 24.2 Å². The Kier molecular flexibility index (Phi) is 6.57. The molecule has 174 valence electrons. The van der Waals surface area contributed by atoms with Gasteiger partial charge in [0.1, 0.15) is 22.8 Å². The highest BCUT2D eigenvalue weighted by Gasteiger charge is 2.31. The van der Waals surface area contributed by atoms with Crippen molar-refractivity contribution in [3.05, 3.63) is 54.6 Å². The molecule has 0 saturated carbocycles. The van der Waals surface area contributed by atoms with Crippen molar-refractivity contribution in [2.75, 3.05) is 29.9 Å². The molecule has 1 saturated heterocycles. The van der Waals surface area contributed by atoms with E-state index in [2.05, 4.69) is 21.9 Å². The Balaban J connectivity index is 1.41. The molecule has 33 heavy (non-hydrogen) atoms. The van der Waals surface area contributed by atoms with Crippen LogP contribution < -0.4 is 19.7 Å². The molecule has 0 unspecified atom stereocenters. The molecule has 9 heteroatoms. The van der Waals surface area contributed by atoms with Crippen LogP contribution in [-0.4, -0.2) is 36.9 Å². The number of pyridine rings is 1. The number of para-hydroxylation sites is 1. The Morgan fingerprint density at radius 1 is 1.15 bits per heavy atom. The van der Waals surface area contributed by atoms with Crippen LogP contribution in [0.25, 0.3) is 10.9 Å². The van der Waals surface area contributed by atoms with E-state index in [1.54, 1.807) is 6.07 Å². The molecule has 0 radical (unpaired) electrons. The first-order valence-corrected chi connectivity index (χ1v) is 10.7. The molecule has 2 aromatic carbocycles. The highest BCUT2D eigenvalue weighted by atomic mass is 19.4. The van der Waals surface area contributed by atoms with Crippen LogP contribution in [0, 0.1) is 5.92 Å². The van der Waals surface area contributed by atoms with Gasteiger partial charge in [-0.1, -0.05) is 19.1 Å². The molecule has 1 N–H and O–H groups in total. The number of fused-ring (bicyclic) bond motifs is 1. The molecule has 0 bridgehead atoms. The summed E-state index contributed by atoms with van der Waals surface area (Å²) in [6.07, 6.45) is -2.43. The Morgan fingerprint density at radius 3 is 2.67 bits per heavy atom. The van der Waals surface area contributed by atoms with Gasteiger partial charge in [-0.2, -0.15) is 0 Å². The molecule has 0 spiro atoms. The molecular weight excluding hydrogens is 435 g/mol. The minimum atomic E-state index is -4.77. The molecule has 3 aromatic rings. The molecular formula is C24H24F3N3O3. The van der Waals surface area contributed by atoms with Crippen LogP contribution in [0.1, 0.15) is 19.8 Å². The van der Waals surface area contributed by atoms with Gasteiger partial charge in [-0.25, -0.2) is 4.98 Å². The van der Waals surface area contributed by atoms with Crippen LogP contribution in [-0.2, 0) is 4.79 Å². The molecule has 1 aliphatic rings. The highest BCUT2D eigenvalue weighted by molar-refractivity contribution is 5.92. The predicted molar refractivity (Wildman–Crippen MR) is 120 cm³/mol. The van der Waals surface area contributed by atoms with Gasteiger partial charge in [-0.15, -0.1) is 13.2 Å². The number of halogens is 3. The number of amides is 1. The zero-order valence-corrected chi connectivity index (χ0v) is 18.1. The Bertz CT molecular complexity index is 1120. The number of hydrogen-bond acceptors (Lipinski definition) is 5. The summed E-state index contributed by atoms with van der Waals surface area (Å²) >= 11 is 0. The average molecular weight is 459 g/mol. The second-order valence-electron chi connectivity index (χ2n) is 8.10. The van der Waals surface area contributed by atoms with Crippen molar-refractivity contribution in [3.8, 4) is 11.5 Å². The third-order valence-corrected chi connectivity index (χ3v) is 5.38. The minimum absolute atomic E-state index is 0.271. The average Bonchev–Trinajstić information content (AvgIpc) is 2.77. The van der Waals surface area contributed by atoms with E-state index in [-0.39, 0.29) is 12.4 Å². The van der Waals surface area contributed by atoms with Crippen LogP contribution >= 0.6 is 0 Å². The molecule has 6 nitrogen and oxygen atoms in total. The van der Waals surface area contributed by atoms with Crippen molar-refractivity contribution in [2.24, 2.45) is 5.92 Å². The van der Waals surface area contributed by atoms with Crippen molar-refractivity contribution in [3.63, 3.8) is 0 Å². The summed E-state index contributed by atoms with van der Waals surface area (Å²) in [6, 6.07) is 14.4. The van der Waals surface area contributed by atoms with Gasteiger partial charge in [0.15, 0.2) is 6.61 Å². The smallest absolute Gasteiger partial charge is 0.481 e. The number of aromatic nitrogens is 1. The molecule has 4 rings (SSSR count). The lowest BCUT2D eigenvalue weighted by Gasteiger charge is -2.32. The van der Waals surface area contributed by atoms with E-state index in [0.717, 1.165) is 42.8 Å². The van der Waals surface area contributed by atoms with Crippen molar-refractivity contribution in [1.29, 1.82) is 0 Å². The zero-order chi connectivity index (χ0) is 23.4. The van der Waals surface area contributed by atoms with Crippen molar-refractivity contribution in [1.82, 2.24) is 4.98 Å². The number of hydrogen-bond donors (Lipinski definition) is 1. The van der Waals surface area contributed by atoms with Gasteiger partial charge in [0.25, 0.3) is 5.91 Å². The molecule has 1 fully saturated rings. The maximum atomic E-state index is 12.3. The number of nitrogens with zero attached hydrogens (tertiary/aromatic N) is 2. The quantitative estimate of drug-likeness (QED) is 0.536. The summed E-state index contributed by atoms with van der Waals surface area (Å²) in [5, 5.41) is 3.49. The number of alkyl halides is 3. The lowest BCUT2D eigenvalue weighted by atomic mass is 10.0. The molecule has 1 amide bonds. The molecule has 2 heterocycles. The third-order valence-electron chi connectivity index (χ3n) is 5.38. The van der Waals surface area contributed by atoms with E-state index in [4.69, 9.17) is 9.72 Å². The van der Waals surface area contributed by atoms with Crippen LogP contribution in [0.3, 0.4) is 0 Å². The van der Waals surface area contributed by atoms with E-state index in [9.17, 15) is 18.0 Å². The molecule has 1 aliphatic heterocycles. The normalized spacial score (nSPS) is 16.5. The highest BCUT2D eigenvalue weighted by Crippen LogP contribution is 2.29. The number of carbonyl (C=O) groups is 1. The topological polar surface area (TPSA) is 63.7 Å². The van der Waals surface area contributed by atoms with Crippen molar-refractivity contribution in [2.45, 2.75) is 26.1 Å². The van der Waals surface area contributed by atoms with Crippen LogP contribution in [0.2, 0.25) is 0 Å². The first kappa shape index (κ1) is 22.7. The number of nitrogens with one attached hydrogen (secondary N) is 1. The van der Waals surface area contributed by atoms with Crippen molar-refractivity contribution >= 4 is 28.3 Å². The van der Waals surface area contributed by atoms with Gasteiger partial charge in [-0.3, -0.25) is 4.79 Å². The number of benzene rings is 2. The minimum Gasteiger partial charge on any atom is -0.481 e. The van der Waals surface area contributed by atoms with Gasteiger partial charge in [-0.05, 0) is 61.2 Å². The van der Waals surface area contributed by atoms with Gasteiger partial charge < -0.3 is 19.7 Å². The summed E-state index contributed by atoms with van der Waals surface area (Å²) in [7, 11) is 0. The second-order valence-corrected chi connectivity index (χ2v) is 8.10. The zero-order valence-electron chi connectivity index (χ0n) is 18.1. The van der Waals surface area contributed by atoms with Crippen LogP contribution in [0.4, 0.5) is 24.7 Å². The Hall–Kier alpha value is -3.49. The molecule has 1 aromatic heterocycles.